The van der Waals surface area contributed by atoms with E-state index in [0.717, 1.165) is 0 Å². The molecular weight excluding hydrogens is 216 g/mol. The van der Waals surface area contributed by atoms with Gasteiger partial charge in [0.05, 0.1) is 0 Å². The standard InChI is InChI=1S/C11H13F2NO2/c1-10(12,13)11(7-14,9(15)16)8-5-3-2-4-6-8/h2-6H,7,14H2,1H3,(H,15,16). The molecule has 0 aromatic heterocycles. The highest BCUT2D eigenvalue weighted by Gasteiger charge is 2.56. The Morgan fingerprint density at radius 3 is 2.19 bits per heavy atom. The van der Waals surface area contributed by atoms with E-state index in [9.17, 15) is 13.6 Å². The highest BCUT2D eigenvalue weighted by molar-refractivity contribution is 5.83. The Morgan fingerprint density at radius 2 is 1.88 bits per heavy atom. The monoisotopic (exact) mass is 229 g/mol. The highest BCUT2D eigenvalue weighted by atomic mass is 19.3. The zero-order chi connectivity index (χ0) is 12.4. The summed E-state index contributed by atoms with van der Waals surface area (Å²) < 4.78 is 27.0. The molecule has 3 nitrogen and oxygen atoms in total. The number of carbonyl (C=O) groups is 1. The molecule has 0 fully saturated rings. The van der Waals surface area contributed by atoms with Crippen LogP contribution in [0, 0.1) is 0 Å². The van der Waals surface area contributed by atoms with Crippen LogP contribution in [0.1, 0.15) is 12.5 Å². The van der Waals surface area contributed by atoms with E-state index in [4.69, 9.17) is 10.8 Å². The van der Waals surface area contributed by atoms with Crippen LogP contribution in [-0.2, 0) is 10.2 Å². The molecule has 0 heterocycles. The van der Waals surface area contributed by atoms with Crippen LogP contribution < -0.4 is 5.73 Å². The molecular formula is C11H13F2NO2. The molecule has 0 spiro atoms. The molecule has 88 valence electrons. The summed E-state index contributed by atoms with van der Waals surface area (Å²) >= 11 is 0. The van der Waals surface area contributed by atoms with Gasteiger partial charge in [0.1, 0.15) is 0 Å². The summed E-state index contributed by atoms with van der Waals surface area (Å²) in [5.41, 5.74) is 2.91. The van der Waals surface area contributed by atoms with E-state index in [1.54, 1.807) is 6.07 Å². The minimum Gasteiger partial charge on any atom is -0.480 e. The van der Waals surface area contributed by atoms with Crippen LogP contribution in [0.25, 0.3) is 0 Å². The molecule has 0 bridgehead atoms. The van der Waals surface area contributed by atoms with E-state index >= 15 is 0 Å². The van der Waals surface area contributed by atoms with Gasteiger partial charge in [-0.2, -0.15) is 0 Å². The Kier molecular flexibility index (Phi) is 3.28. The van der Waals surface area contributed by atoms with Crippen molar-refractivity contribution in [2.24, 2.45) is 5.73 Å². The molecule has 0 aliphatic heterocycles. The normalized spacial score (nSPS) is 15.5. The zero-order valence-corrected chi connectivity index (χ0v) is 8.78. The average molecular weight is 229 g/mol. The number of carboxylic acid groups (broad SMARTS) is 1. The molecule has 0 radical (unpaired) electrons. The van der Waals surface area contributed by atoms with E-state index in [-0.39, 0.29) is 5.56 Å². The maximum absolute atomic E-state index is 13.5. The molecule has 0 saturated carbocycles. The first-order valence-corrected chi connectivity index (χ1v) is 4.73. The van der Waals surface area contributed by atoms with Crippen LogP contribution >= 0.6 is 0 Å². The lowest BCUT2D eigenvalue weighted by Gasteiger charge is -2.33. The lowest BCUT2D eigenvalue weighted by molar-refractivity contribution is -0.159. The van der Waals surface area contributed by atoms with E-state index in [2.05, 4.69) is 0 Å². The quantitative estimate of drug-likeness (QED) is 0.824. The summed E-state index contributed by atoms with van der Waals surface area (Å²) in [7, 11) is 0. The van der Waals surface area contributed by atoms with Gasteiger partial charge < -0.3 is 10.8 Å². The first kappa shape index (κ1) is 12.6. The lowest BCUT2D eigenvalue weighted by Crippen LogP contribution is -2.55. The van der Waals surface area contributed by atoms with Gasteiger partial charge >= 0.3 is 5.97 Å². The minimum absolute atomic E-state index is 0.0116. The number of nitrogens with two attached hydrogens (primary N) is 1. The van der Waals surface area contributed by atoms with Gasteiger partial charge in [0.2, 0.25) is 0 Å². The van der Waals surface area contributed by atoms with Gasteiger partial charge in [-0.05, 0) is 5.56 Å². The Balaban J connectivity index is 3.42. The maximum atomic E-state index is 13.5. The molecule has 1 aromatic rings. The summed E-state index contributed by atoms with van der Waals surface area (Å²) in [5, 5.41) is 9.05. The number of carboxylic acids is 1. The largest absolute Gasteiger partial charge is 0.480 e. The molecule has 5 heteroatoms. The molecule has 0 aliphatic rings. The second-order valence-electron chi connectivity index (χ2n) is 3.67. The Hall–Kier alpha value is -1.49. The summed E-state index contributed by atoms with van der Waals surface area (Å²) in [5.74, 6) is -5.05. The molecule has 0 saturated heterocycles. The summed E-state index contributed by atoms with van der Waals surface area (Å²) in [6, 6.07) is 7.33. The van der Waals surface area contributed by atoms with Crippen molar-refractivity contribution in [2.75, 3.05) is 6.54 Å². The van der Waals surface area contributed by atoms with Crippen molar-refractivity contribution in [1.29, 1.82) is 0 Å². The molecule has 1 atom stereocenters. The summed E-state index contributed by atoms with van der Waals surface area (Å²) in [6.07, 6.45) is 0. The SMILES string of the molecule is CC(F)(F)C(CN)(C(=O)O)c1ccccc1. The number of hydrogen-bond donors (Lipinski definition) is 2. The van der Waals surface area contributed by atoms with Crippen molar-refractivity contribution in [3.63, 3.8) is 0 Å². The van der Waals surface area contributed by atoms with Crippen molar-refractivity contribution >= 4 is 5.97 Å². The molecule has 1 rings (SSSR count). The molecule has 1 aromatic carbocycles. The Labute approximate surface area is 91.9 Å². The third-order valence-corrected chi connectivity index (χ3v) is 2.69. The molecule has 1 unspecified atom stereocenters. The zero-order valence-electron chi connectivity index (χ0n) is 8.78. The number of benzene rings is 1. The van der Waals surface area contributed by atoms with Crippen LogP contribution in [-0.4, -0.2) is 23.5 Å². The van der Waals surface area contributed by atoms with Crippen molar-refractivity contribution in [3.8, 4) is 0 Å². The fourth-order valence-corrected chi connectivity index (χ4v) is 1.67. The smallest absolute Gasteiger partial charge is 0.321 e. The van der Waals surface area contributed by atoms with Crippen molar-refractivity contribution < 1.29 is 18.7 Å². The van der Waals surface area contributed by atoms with Crippen molar-refractivity contribution in [2.45, 2.75) is 18.3 Å². The Morgan fingerprint density at radius 1 is 1.38 bits per heavy atom. The molecule has 16 heavy (non-hydrogen) atoms. The Bertz CT molecular complexity index is 375. The van der Waals surface area contributed by atoms with Gasteiger partial charge in [-0.25, -0.2) is 8.78 Å². The topological polar surface area (TPSA) is 63.3 Å². The summed E-state index contributed by atoms with van der Waals surface area (Å²) in [4.78, 5) is 11.1. The van der Waals surface area contributed by atoms with Gasteiger partial charge in [-0.15, -0.1) is 0 Å². The first-order valence-electron chi connectivity index (χ1n) is 4.73. The van der Waals surface area contributed by atoms with E-state index in [1.807, 2.05) is 0 Å². The second kappa shape index (κ2) is 4.17. The van der Waals surface area contributed by atoms with Crippen LogP contribution in [0.5, 0.6) is 0 Å². The van der Waals surface area contributed by atoms with Gasteiger partial charge in [0.15, 0.2) is 5.41 Å². The molecule has 0 aliphatic carbocycles. The van der Waals surface area contributed by atoms with Crippen LogP contribution in [0.15, 0.2) is 30.3 Å². The van der Waals surface area contributed by atoms with Crippen LogP contribution in [0.3, 0.4) is 0 Å². The number of alkyl halides is 2. The van der Waals surface area contributed by atoms with Gasteiger partial charge in [-0.3, -0.25) is 4.79 Å². The van der Waals surface area contributed by atoms with Crippen LogP contribution in [0.4, 0.5) is 8.78 Å². The number of rotatable bonds is 4. The second-order valence-corrected chi connectivity index (χ2v) is 3.67. The van der Waals surface area contributed by atoms with E-state index in [0.29, 0.717) is 6.92 Å². The molecule has 0 amide bonds. The van der Waals surface area contributed by atoms with Gasteiger partial charge in [-0.1, -0.05) is 30.3 Å². The lowest BCUT2D eigenvalue weighted by atomic mass is 9.75. The third kappa shape index (κ3) is 1.78. The van der Waals surface area contributed by atoms with E-state index in [1.165, 1.54) is 24.3 Å². The predicted molar refractivity (Wildman–Crippen MR) is 55.4 cm³/mol. The number of halogens is 2. The van der Waals surface area contributed by atoms with Crippen LogP contribution in [0.2, 0.25) is 0 Å². The van der Waals surface area contributed by atoms with Crippen molar-refractivity contribution in [3.05, 3.63) is 35.9 Å². The molecule has 3 N–H and O–H groups in total. The predicted octanol–water partition coefficient (Wildman–Crippen LogP) is 1.62. The first-order chi connectivity index (χ1) is 7.36. The van der Waals surface area contributed by atoms with Crippen molar-refractivity contribution in [1.82, 2.24) is 0 Å². The third-order valence-electron chi connectivity index (χ3n) is 2.69. The average Bonchev–Trinajstić information content (AvgIpc) is 2.18. The van der Waals surface area contributed by atoms with E-state index < -0.39 is 23.9 Å². The minimum atomic E-state index is -3.44. The number of hydrogen-bond acceptors (Lipinski definition) is 2. The highest BCUT2D eigenvalue weighted by Crippen LogP contribution is 2.39. The fraction of sp³-hybridized carbons (Fsp3) is 0.364. The number of aliphatic carboxylic acids is 1. The van der Waals surface area contributed by atoms with Gasteiger partial charge in [0.25, 0.3) is 5.92 Å². The maximum Gasteiger partial charge on any atom is 0.321 e. The van der Waals surface area contributed by atoms with Gasteiger partial charge in [0, 0.05) is 13.5 Å². The fourth-order valence-electron chi connectivity index (χ4n) is 1.67. The summed E-state index contributed by atoms with van der Waals surface area (Å²) in [6.45, 7) is -0.0865.